The van der Waals surface area contributed by atoms with Crippen LogP contribution in [0.25, 0.3) is 0 Å². The average Bonchev–Trinajstić information content (AvgIpc) is 2.41. The van der Waals surface area contributed by atoms with Crippen molar-refractivity contribution in [1.82, 2.24) is 4.90 Å². The summed E-state index contributed by atoms with van der Waals surface area (Å²) in [4.78, 5) is 14.4. The lowest BCUT2D eigenvalue weighted by Crippen LogP contribution is -2.48. The van der Waals surface area contributed by atoms with Crippen LogP contribution in [0, 0.1) is 11.8 Å². The van der Waals surface area contributed by atoms with Crippen molar-refractivity contribution in [1.29, 1.82) is 0 Å². The van der Waals surface area contributed by atoms with Crippen molar-refractivity contribution in [3.8, 4) is 0 Å². The number of likely N-dealkylation sites (tertiary alicyclic amines) is 1. The summed E-state index contributed by atoms with van der Waals surface area (Å²) in [6.07, 6.45) is 5.48. The van der Waals surface area contributed by atoms with Crippen LogP contribution in [-0.4, -0.2) is 31.2 Å². The number of hydrogen-bond acceptors (Lipinski definition) is 1. The molecule has 0 spiro atoms. The van der Waals surface area contributed by atoms with Gasteiger partial charge in [-0.3, -0.25) is 4.79 Å². The molecule has 1 saturated heterocycles. The molecule has 0 N–H and O–H groups in total. The van der Waals surface area contributed by atoms with E-state index in [1.54, 1.807) is 0 Å². The van der Waals surface area contributed by atoms with Crippen LogP contribution in [0.3, 0.4) is 0 Å². The second-order valence-electron chi connectivity index (χ2n) is 5.70. The summed E-state index contributed by atoms with van der Waals surface area (Å²) in [5.41, 5.74) is 0. The SMILES string of the molecule is [B]C1CCC2CCN(C(C)C)C(=O)C2CC1. The highest BCUT2D eigenvalue weighted by Crippen LogP contribution is 2.39. The predicted octanol–water partition coefficient (Wildman–Crippen LogP) is 2.39. The topological polar surface area (TPSA) is 20.3 Å². The Labute approximate surface area is 100 Å². The monoisotopic (exact) mass is 219 g/mol. The highest BCUT2D eigenvalue weighted by molar-refractivity contribution is 6.11. The summed E-state index contributed by atoms with van der Waals surface area (Å²) in [6, 6.07) is 0.352. The molecule has 0 aromatic heterocycles. The molecule has 2 rings (SSSR count). The van der Waals surface area contributed by atoms with Gasteiger partial charge in [-0.05, 0) is 32.6 Å². The molecule has 2 nitrogen and oxygen atoms in total. The van der Waals surface area contributed by atoms with Gasteiger partial charge in [0.15, 0.2) is 0 Å². The third kappa shape index (κ3) is 2.28. The molecule has 2 radical (unpaired) electrons. The molecule has 3 heteroatoms. The number of piperidine rings is 1. The normalized spacial score (nSPS) is 36.1. The molecule has 16 heavy (non-hydrogen) atoms. The molecule has 3 unspecified atom stereocenters. The molecular weight excluding hydrogens is 197 g/mol. The van der Waals surface area contributed by atoms with E-state index < -0.39 is 0 Å². The molecule has 1 heterocycles. The van der Waals surface area contributed by atoms with E-state index in [0.717, 1.165) is 32.2 Å². The summed E-state index contributed by atoms with van der Waals surface area (Å²) >= 11 is 0. The molecule has 2 fully saturated rings. The Morgan fingerprint density at radius 1 is 1.19 bits per heavy atom. The van der Waals surface area contributed by atoms with Crippen LogP contribution in [0.4, 0.5) is 0 Å². The summed E-state index contributed by atoms with van der Waals surface area (Å²) in [7, 11) is 6.00. The van der Waals surface area contributed by atoms with Crippen LogP contribution >= 0.6 is 0 Å². The largest absolute Gasteiger partial charge is 0.340 e. The molecule has 0 aromatic rings. The first-order valence-corrected chi connectivity index (χ1v) is 6.65. The van der Waals surface area contributed by atoms with E-state index in [2.05, 4.69) is 18.7 Å². The van der Waals surface area contributed by atoms with Gasteiger partial charge in [-0.1, -0.05) is 25.1 Å². The molecular formula is C13H22BNO. The lowest BCUT2D eigenvalue weighted by atomic mass is 9.81. The third-order valence-corrected chi connectivity index (χ3v) is 4.29. The minimum Gasteiger partial charge on any atom is -0.340 e. The Bertz CT molecular complexity index is 267. The van der Waals surface area contributed by atoms with Gasteiger partial charge in [0.25, 0.3) is 0 Å². The molecule has 1 aliphatic carbocycles. The van der Waals surface area contributed by atoms with Gasteiger partial charge in [-0.25, -0.2) is 0 Å². The minimum absolute atomic E-state index is 0.268. The highest BCUT2D eigenvalue weighted by Gasteiger charge is 2.38. The van der Waals surface area contributed by atoms with Gasteiger partial charge >= 0.3 is 0 Å². The fourth-order valence-corrected chi connectivity index (χ4v) is 3.21. The van der Waals surface area contributed by atoms with E-state index in [-0.39, 0.29) is 5.92 Å². The van der Waals surface area contributed by atoms with Gasteiger partial charge in [0.05, 0.1) is 7.85 Å². The molecule has 88 valence electrons. The van der Waals surface area contributed by atoms with Crippen LogP contribution in [0.2, 0.25) is 5.82 Å². The maximum Gasteiger partial charge on any atom is 0.226 e. The maximum absolute atomic E-state index is 12.3. The zero-order valence-corrected chi connectivity index (χ0v) is 10.5. The van der Waals surface area contributed by atoms with E-state index in [9.17, 15) is 4.79 Å². The minimum atomic E-state index is 0.268. The Hall–Kier alpha value is -0.465. The first-order valence-electron chi connectivity index (χ1n) is 6.65. The van der Waals surface area contributed by atoms with E-state index in [0.29, 0.717) is 23.7 Å². The van der Waals surface area contributed by atoms with E-state index in [1.165, 1.54) is 6.42 Å². The third-order valence-electron chi connectivity index (χ3n) is 4.29. The predicted molar refractivity (Wildman–Crippen MR) is 66.4 cm³/mol. The number of carbonyl (C=O) groups is 1. The first-order chi connectivity index (χ1) is 7.59. The number of rotatable bonds is 1. The fraction of sp³-hybridized carbons (Fsp3) is 0.923. The Morgan fingerprint density at radius 3 is 2.56 bits per heavy atom. The van der Waals surface area contributed by atoms with Crippen molar-refractivity contribution >= 4 is 13.8 Å². The van der Waals surface area contributed by atoms with Gasteiger partial charge in [0.1, 0.15) is 0 Å². The number of hydrogen-bond donors (Lipinski definition) is 0. The zero-order valence-electron chi connectivity index (χ0n) is 10.5. The van der Waals surface area contributed by atoms with Gasteiger partial charge in [0, 0.05) is 18.5 Å². The summed E-state index contributed by atoms with van der Waals surface area (Å²) in [5.74, 6) is 1.59. The molecule has 1 aliphatic heterocycles. The summed E-state index contributed by atoms with van der Waals surface area (Å²) in [6.45, 7) is 5.17. The van der Waals surface area contributed by atoms with Crippen molar-refractivity contribution in [3.05, 3.63) is 0 Å². The maximum atomic E-state index is 12.3. The van der Waals surface area contributed by atoms with Gasteiger partial charge < -0.3 is 4.90 Å². The summed E-state index contributed by atoms with van der Waals surface area (Å²) in [5, 5.41) is 0. The highest BCUT2D eigenvalue weighted by atomic mass is 16.2. The molecule has 1 saturated carbocycles. The Morgan fingerprint density at radius 2 is 1.88 bits per heavy atom. The molecule has 1 amide bonds. The number of carbonyl (C=O) groups excluding carboxylic acids is 1. The van der Waals surface area contributed by atoms with Crippen molar-refractivity contribution < 1.29 is 4.79 Å². The van der Waals surface area contributed by atoms with Crippen molar-refractivity contribution in [2.24, 2.45) is 11.8 Å². The number of nitrogens with zero attached hydrogens (tertiary/aromatic N) is 1. The van der Waals surface area contributed by atoms with Crippen LogP contribution < -0.4 is 0 Å². The Kier molecular flexibility index (Phi) is 3.61. The quantitative estimate of drug-likeness (QED) is 0.620. The second kappa shape index (κ2) is 4.81. The van der Waals surface area contributed by atoms with Gasteiger partial charge in [0.2, 0.25) is 5.91 Å². The second-order valence-corrected chi connectivity index (χ2v) is 5.70. The fourth-order valence-electron chi connectivity index (χ4n) is 3.21. The van der Waals surface area contributed by atoms with E-state index in [4.69, 9.17) is 7.85 Å². The zero-order chi connectivity index (χ0) is 11.7. The van der Waals surface area contributed by atoms with E-state index in [1.807, 2.05) is 0 Å². The molecule has 0 aromatic carbocycles. The lowest BCUT2D eigenvalue weighted by Gasteiger charge is -2.39. The van der Waals surface area contributed by atoms with Crippen molar-refractivity contribution in [2.45, 2.75) is 57.8 Å². The molecule has 2 aliphatic rings. The number of amides is 1. The van der Waals surface area contributed by atoms with Crippen molar-refractivity contribution in [3.63, 3.8) is 0 Å². The van der Waals surface area contributed by atoms with Crippen LogP contribution in [0.15, 0.2) is 0 Å². The molecule has 3 atom stereocenters. The van der Waals surface area contributed by atoms with Crippen LogP contribution in [0.5, 0.6) is 0 Å². The average molecular weight is 219 g/mol. The van der Waals surface area contributed by atoms with Crippen molar-refractivity contribution in [2.75, 3.05) is 6.54 Å². The van der Waals surface area contributed by atoms with Gasteiger partial charge in [-0.2, -0.15) is 0 Å². The lowest BCUT2D eigenvalue weighted by molar-refractivity contribution is -0.143. The van der Waals surface area contributed by atoms with Crippen LogP contribution in [-0.2, 0) is 4.79 Å². The van der Waals surface area contributed by atoms with Gasteiger partial charge in [-0.15, -0.1) is 0 Å². The smallest absolute Gasteiger partial charge is 0.226 e. The van der Waals surface area contributed by atoms with Crippen LogP contribution in [0.1, 0.15) is 46.0 Å². The Balaban J connectivity index is 2.08. The van der Waals surface area contributed by atoms with E-state index >= 15 is 0 Å². The summed E-state index contributed by atoms with van der Waals surface area (Å²) < 4.78 is 0. The molecule has 0 bridgehead atoms. The first kappa shape index (κ1) is 12.0. The standard InChI is InChI=1S/C13H22BNO/c1-9(2)15-8-7-10-3-4-11(14)5-6-12(10)13(15)16/h9-12H,3-8H2,1-2H3. The number of fused-ring (bicyclic) bond motifs is 1.